The summed E-state index contributed by atoms with van der Waals surface area (Å²) in [6.07, 6.45) is 1.66. The predicted octanol–water partition coefficient (Wildman–Crippen LogP) is 0.546. The smallest absolute Gasteiger partial charge is 0.344 e. The van der Waals surface area contributed by atoms with Crippen molar-refractivity contribution >= 4 is 11.6 Å². The van der Waals surface area contributed by atoms with Crippen molar-refractivity contribution in [3.05, 3.63) is 34.9 Å². The van der Waals surface area contributed by atoms with Gasteiger partial charge in [0.15, 0.2) is 0 Å². The van der Waals surface area contributed by atoms with E-state index in [1.54, 1.807) is 18.3 Å². The van der Waals surface area contributed by atoms with Crippen molar-refractivity contribution in [2.24, 2.45) is 0 Å². The third-order valence-electron chi connectivity index (χ3n) is 2.27. The summed E-state index contributed by atoms with van der Waals surface area (Å²) < 4.78 is 1.42. The van der Waals surface area contributed by atoms with Crippen molar-refractivity contribution in [3.63, 3.8) is 0 Å². The Hall–Kier alpha value is -1.91. The van der Waals surface area contributed by atoms with Crippen LogP contribution in [0.25, 0.3) is 5.65 Å². The lowest BCUT2D eigenvalue weighted by molar-refractivity contribution is 0.856. The topological polar surface area (TPSA) is 50.5 Å². The minimum absolute atomic E-state index is 0.295. The van der Waals surface area contributed by atoms with Crippen LogP contribution in [0, 0.1) is 0 Å². The van der Waals surface area contributed by atoms with E-state index in [0.29, 0.717) is 11.6 Å². The highest BCUT2D eigenvalue weighted by Gasteiger charge is 2.05. The Kier molecular flexibility index (Phi) is 2.37. The number of nitrogens with zero attached hydrogens (tertiary/aromatic N) is 4. The first-order valence-electron chi connectivity index (χ1n) is 4.79. The van der Waals surface area contributed by atoms with Gasteiger partial charge in [-0.1, -0.05) is 6.07 Å². The van der Waals surface area contributed by atoms with Gasteiger partial charge in [-0.15, -0.1) is 0 Å². The maximum absolute atomic E-state index is 11.6. The van der Waals surface area contributed by atoms with Crippen LogP contribution in [0.15, 0.2) is 29.2 Å². The second kappa shape index (κ2) is 3.68. The Morgan fingerprint density at radius 3 is 2.93 bits per heavy atom. The summed E-state index contributed by atoms with van der Waals surface area (Å²) in [7, 11) is 1.86. The minimum Gasteiger partial charge on any atom is -0.344 e. The summed E-state index contributed by atoms with van der Waals surface area (Å²) in [6, 6.07) is 5.41. The molecule has 2 rings (SSSR count). The monoisotopic (exact) mass is 204 g/mol. The van der Waals surface area contributed by atoms with Gasteiger partial charge in [-0.2, -0.15) is 9.97 Å². The van der Waals surface area contributed by atoms with Gasteiger partial charge in [-0.05, 0) is 19.1 Å². The molecule has 0 aliphatic carbocycles. The van der Waals surface area contributed by atoms with E-state index in [9.17, 15) is 4.79 Å². The standard InChI is InChI=1S/C10H12N4O/c1-3-13(2)9-11-8-6-4-5-7-14(8)10(15)12-9/h4-7H,3H2,1-2H3. The summed E-state index contributed by atoms with van der Waals surface area (Å²) in [5.74, 6) is 0.466. The Bertz CT molecular complexity index is 534. The average molecular weight is 204 g/mol. The number of pyridine rings is 1. The summed E-state index contributed by atoms with van der Waals surface area (Å²) in [5.41, 5.74) is 0.323. The molecule has 2 aromatic rings. The van der Waals surface area contributed by atoms with Crippen LogP contribution in [0.4, 0.5) is 5.95 Å². The van der Waals surface area contributed by atoms with Crippen molar-refractivity contribution in [2.45, 2.75) is 6.92 Å². The fourth-order valence-electron chi connectivity index (χ4n) is 1.27. The Labute approximate surface area is 87.0 Å². The van der Waals surface area contributed by atoms with Crippen LogP contribution in [0.1, 0.15) is 6.92 Å². The van der Waals surface area contributed by atoms with Gasteiger partial charge in [0.1, 0.15) is 5.65 Å². The van der Waals surface area contributed by atoms with E-state index in [2.05, 4.69) is 9.97 Å². The molecule has 0 atom stereocenters. The number of hydrogen-bond acceptors (Lipinski definition) is 4. The number of fused-ring (bicyclic) bond motifs is 1. The Balaban J connectivity index is 2.67. The molecule has 5 heteroatoms. The third kappa shape index (κ3) is 1.68. The highest BCUT2D eigenvalue weighted by atomic mass is 16.1. The number of rotatable bonds is 2. The first-order valence-corrected chi connectivity index (χ1v) is 4.79. The molecule has 0 saturated heterocycles. The quantitative estimate of drug-likeness (QED) is 0.716. The molecule has 78 valence electrons. The van der Waals surface area contributed by atoms with Crippen LogP contribution >= 0.6 is 0 Å². The predicted molar refractivity (Wildman–Crippen MR) is 58.2 cm³/mol. The molecule has 2 heterocycles. The van der Waals surface area contributed by atoms with Crippen LogP contribution in [-0.4, -0.2) is 28.0 Å². The number of aromatic nitrogens is 3. The van der Waals surface area contributed by atoms with Crippen molar-refractivity contribution < 1.29 is 0 Å². The zero-order valence-electron chi connectivity index (χ0n) is 8.71. The van der Waals surface area contributed by atoms with Crippen LogP contribution in [0.2, 0.25) is 0 Å². The second-order valence-electron chi connectivity index (χ2n) is 3.25. The van der Waals surface area contributed by atoms with E-state index in [0.717, 1.165) is 6.54 Å². The lowest BCUT2D eigenvalue weighted by atomic mass is 10.5. The van der Waals surface area contributed by atoms with Gasteiger partial charge < -0.3 is 4.90 Å². The van der Waals surface area contributed by atoms with E-state index in [-0.39, 0.29) is 5.69 Å². The third-order valence-corrected chi connectivity index (χ3v) is 2.27. The Morgan fingerprint density at radius 2 is 2.20 bits per heavy atom. The fraction of sp³-hybridized carbons (Fsp3) is 0.300. The van der Waals surface area contributed by atoms with E-state index < -0.39 is 0 Å². The number of anilines is 1. The summed E-state index contributed by atoms with van der Waals surface area (Å²) in [6.45, 7) is 2.75. The van der Waals surface area contributed by atoms with E-state index in [1.807, 2.05) is 24.9 Å². The SMILES string of the molecule is CCN(C)c1nc(=O)n2ccccc2n1. The van der Waals surface area contributed by atoms with E-state index >= 15 is 0 Å². The molecular weight excluding hydrogens is 192 g/mol. The molecule has 0 aliphatic heterocycles. The van der Waals surface area contributed by atoms with Gasteiger partial charge in [0.05, 0.1) is 0 Å². The molecule has 0 N–H and O–H groups in total. The van der Waals surface area contributed by atoms with Crippen molar-refractivity contribution in [3.8, 4) is 0 Å². The van der Waals surface area contributed by atoms with Gasteiger partial charge in [0.2, 0.25) is 5.95 Å². The highest BCUT2D eigenvalue weighted by Crippen LogP contribution is 2.03. The lowest BCUT2D eigenvalue weighted by Crippen LogP contribution is -2.26. The van der Waals surface area contributed by atoms with Crippen molar-refractivity contribution in [1.82, 2.24) is 14.4 Å². The van der Waals surface area contributed by atoms with Crippen LogP contribution < -0.4 is 10.6 Å². The molecule has 0 amide bonds. The lowest BCUT2D eigenvalue weighted by Gasteiger charge is -2.13. The first-order chi connectivity index (χ1) is 7.22. The van der Waals surface area contributed by atoms with Gasteiger partial charge in [-0.25, -0.2) is 4.79 Å². The van der Waals surface area contributed by atoms with Crippen LogP contribution in [0.5, 0.6) is 0 Å². The molecule has 0 saturated carbocycles. The van der Waals surface area contributed by atoms with E-state index in [1.165, 1.54) is 4.40 Å². The molecule has 0 fully saturated rings. The van der Waals surface area contributed by atoms with Gasteiger partial charge in [-0.3, -0.25) is 4.40 Å². The van der Waals surface area contributed by atoms with Crippen LogP contribution in [0.3, 0.4) is 0 Å². The maximum Gasteiger partial charge on any atom is 0.356 e. The zero-order valence-corrected chi connectivity index (χ0v) is 8.71. The summed E-state index contributed by atoms with van der Waals surface area (Å²) >= 11 is 0. The molecule has 15 heavy (non-hydrogen) atoms. The maximum atomic E-state index is 11.6. The van der Waals surface area contributed by atoms with Gasteiger partial charge >= 0.3 is 5.69 Å². The average Bonchev–Trinajstić information content (AvgIpc) is 2.28. The van der Waals surface area contributed by atoms with Gasteiger partial charge in [0.25, 0.3) is 0 Å². The summed E-state index contributed by atoms with van der Waals surface area (Å²) in [5, 5.41) is 0. The minimum atomic E-state index is -0.295. The fourth-order valence-corrected chi connectivity index (χ4v) is 1.27. The largest absolute Gasteiger partial charge is 0.356 e. The molecule has 0 unspecified atom stereocenters. The van der Waals surface area contributed by atoms with Gasteiger partial charge in [0, 0.05) is 19.8 Å². The molecule has 0 bridgehead atoms. The van der Waals surface area contributed by atoms with Crippen molar-refractivity contribution in [2.75, 3.05) is 18.5 Å². The molecule has 0 spiro atoms. The van der Waals surface area contributed by atoms with Crippen LogP contribution in [-0.2, 0) is 0 Å². The summed E-state index contributed by atoms with van der Waals surface area (Å²) in [4.78, 5) is 21.6. The highest BCUT2D eigenvalue weighted by molar-refractivity contribution is 5.42. The molecule has 2 aromatic heterocycles. The normalized spacial score (nSPS) is 10.5. The first kappa shape index (κ1) is 9.64. The number of hydrogen-bond donors (Lipinski definition) is 0. The zero-order chi connectivity index (χ0) is 10.8. The Morgan fingerprint density at radius 1 is 1.40 bits per heavy atom. The van der Waals surface area contributed by atoms with Crippen molar-refractivity contribution in [1.29, 1.82) is 0 Å². The second-order valence-corrected chi connectivity index (χ2v) is 3.25. The molecule has 0 aliphatic rings. The molecule has 0 aromatic carbocycles. The van der Waals surface area contributed by atoms with E-state index in [4.69, 9.17) is 0 Å². The molecule has 0 radical (unpaired) electrons. The molecular formula is C10H12N4O. The molecule has 5 nitrogen and oxygen atoms in total.